The van der Waals surface area contributed by atoms with Crippen LogP contribution in [0.1, 0.15) is 32.1 Å². The molecule has 2 saturated carbocycles. The molecule has 19 heavy (non-hydrogen) atoms. The zero-order chi connectivity index (χ0) is 12.8. The molecular formula is C14H17BN2O2. The molecule has 4 nitrogen and oxygen atoms in total. The Morgan fingerprint density at radius 3 is 2.79 bits per heavy atom. The van der Waals surface area contributed by atoms with E-state index in [1.807, 2.05) is 18.2 Å². The highest BCUT2D eigenvalue weighted by Gasteiger charge is 2.31. The first-order valence-electron chi connectivity index (χ1n) is 7.15. The van der Waals surface area contributed by atoms with Crippen LogP contribution in [0.5, 0.6) is 0 Å². The molecule has 1 aromatic heterocycles. The first kappa shape index (κ1) is 11.4. The summed E-state index contributed by atoms with van der Waals surface area (Å²) in [4.78, 5) is 0. The molecule has 2 aliphatic rings. The zero-order valence-corrected chi connectivity index (χ0v) is 10.8. The van der Waals surface area contributed by atoms with Crippen molar-refractivity contribution in [1.29, 1.82) is 0 Å². The van der Waals surface area contributed by atoms with E-state index in [1.165, 1.54) is 19.3 Å². The fourth-order valence-electron chi connectivity index (χ4n) is 2.69. The van der Waals surface area contributed by atoms with Gasteiger partial charge in [-0.25, -0.2) is 0 Å². The van der Waals surface area contributed by atoms with Crippen molar-refractivity contribution in [2.24, 2.45) is 0 Å². The maximum atomic E-state index is 10.4. The molecule has 0 aliphatic heterocycles. The normalized spacial score (nSPS) is 19.4. The fraction of sp³-hybridized carbons (Fsp3) is 0.500. The van der Waals surface area contributed by atoms with Gasteiger partial charge in [0.25, 0.3) is 0 Å². The average Bonchev–Trinajstić information content (AvgIpc) is 3.07. The Balaban J connectivity index is 1.67. The molecule has 98 valence electrons. The van der Waals surface area contributed by atoms with E-state index in [-0.39, 0.29) is 6.92 Å². The average molecular weight is 256 g/mol. The summed E-state index contributed by atoms with van der Waals surface area (Å²) in [7, 11) is 0. The summed E-state index contributed by atoms with van der Waals surface area (Å²) < 4.78 is 5.32. The Hall–Kier alpha value is -1.49. The molecule has 0 amide bonds. The van der Waals surface area contributed by atoms with Crippen LogP contribution in [-0.2, 0) is 0 Å². The number of rotatable bonds is 4. The number of benzene rings is 1. The molecule has 2 N–H and O–H groups in total. The monoisotopic (exact) mass is 256 g/mol. The predicted octanol–water partition coefficient (Wildman–Crippen LogP) is 2.15. The van der Waals surface area contributed by atoms with Gasteiger partial charge in [0.2, 0.25) is 0 Å². The Labute approximate surface area is 112 Å². The number of nitrogens with one attached hydrogen (secondary N) is 1. The maximum absolute atomic E-state index is 10.4. The van der Waals surface area contributed by atoms with Gasteiger partial charge in [0.15, 0.2) is 11.4 Å². The zero-order valence-electron chi connectivity index (χ0n) is 10.8. The molecule has 2 aliphatic carbocycles. The highest BCUT2D eigenvalue weighted by Crippen LogP contribution is 2.34. The Morgan fingerprint density at radius 1 is 1.26 bits per heavy atom. The highest BCUT2D eigenvalue weighted by atomic mass is 16.5. The second-order valence-electron chi connectivity index (χ2n) is 5.84. The van der Waals surface area contributed by atoms with Crippen LogP contribution in [0.4, 0.5) is 5.82 Å². The van der Waals surface area contributed by atoms with E-state index in [0.29, 0.717) is 11.9 Å². The fourth-order valence-corrected chi connectivity index (χ4v) is 2.69. The van der Waals surface area contributed by atoms with Crippen LogP contribution in [0.15, 0.2) is 22.7 Å². The molecule has 0 atom stereocenters. The molecule has 0 bridgehead atoms. The second-order valence-corrected chi connectivity index (χ2v) is 5.84. The van der Waals surface area contributed by atoms with Gasteiger partial charge < -0.3 is 14.9 Å². The van der Waals surface area contributed by atoms with Gasteiger partial charge >= 0.3 is 6.92 Å². The lowest BCUT2D eigenvalue weighted by atomic mass is 9.45. The van der Waals surface area contributed by atoms with Crippen LogP contribution in [0, 0.1) is 0 Å². The quantitative estimate of drug-likeness (QED) is 0.823. The Bertz CT molecular complexity index is 605. The lowest BCUT2D eigenvalue weighted by Crippen LogP contribution is -2.38. The second kappa shape index (κ2) is 4.27. The van der Waals surface area contributed by atoms with Gasteiger partial charge in [-0.3, -0.25) is 0 Å². The topological polar surface area (TPSA) is 58.3 Å². The SMILES string of the molecule is OB(c1ccc2onc(NC3CC3)c2c1)C1CCC1. The molecule has 2 fully saturated rings. The van der Waals surface area contributed by atoms with E-state index in [0.717, 1.165) is 35.1 Å². The number of aromatic nitrogens is 1. The van der Waals surface area contributed by atoms with Crippen molar-refractivity contribution < 1.29 is 9.55 Å². The summed E-state index contributed by atoms with van der Waals surface area (Å²) in [6.45, 7) is -0.346. The van der Waals surface area contributed by atoms with Crippen molar-refractivity contribution in [3.63, 3.8) is 0 Å². The first-order valence-corrected chi connectivity index (χ1v) is 7.15. The van der Waals surface area contributed by atoms with Crippen LogP contribution in [0.2, 0.25) is 5.82 Å². The lowest BCUT2D eigenvalue weighted by Gasteiger charge is -2.27. The van der Waals surface area contributed by atoms with E-state index in [9.17, 15) is 5.02 Å². The van der Waals surface area contributed by atoms with Crippen molar-refractivity contribution in [1.82, 2.24) is 5.16 Å². The van der Waals surface area contributed by atoms with Gasteiger partial charge in [-0.2, -0.15) is 0 Å². The highest BCUT2D eigenvalue weighted by molar-refractivity contribution is 6.68. The van der Waals surface area contributed by atoms with Crippen LogP contribution >= 0.6 is 0 Å². The van der Waals surface area contributed by atoms with Crippen LogP contribution < -0.4 is 10.8 Å². The third-order valence-corrected chi connectivity index (χ3v) is 4.35. The molecular weight excluding hydrogens is 239 g/mol. The summed E-state index contributed by atoms with van der Waals surface area (Å²) in [6.07, 6.45) is 5.93. The summed E-state index contributed by atoms with van der Waals surface area (Å²) in [5.41, 5.74) is 1.77. The molecule has 2 aromatic rings. The van der Waals surface area contributed by atoms with Crippen molar-refractivity contribution >= 4 is 29.2 Å². The number of hydrogen-bond acceptors (Lipinski definition) is 4. The van der Waals surface area contributed by atoms with Gasteiger partial charge in [0.05, 0.1) is 5.39 Å². The van der Waals surface area contributed by atoms with Crippen molar-refractivity contribution in [2.45, 2.75) is 44.0 Å². The summed E-state index contributed by atoms with van der Waals surface area (Å²) in [5.74, 6) is 1.25. The van der Waals surface area contributed by atoms with Crippen LogP contribution in [0.3, 0.4) is 0 Å². The van der Waals surface area contributed by atoms with E-state index >= 15 is 0 Å². The molecule has 0 radical (unpaired) electrons. The van der Waals surface area contributed by atoms with Gasteiger partial charge in [0.1, 0.15) is 0 Å². The smallest absolute Gasteiger partial charge is 0.326 e. The molecule has 0 spiro atoms. The van der Waals surface area contributed by atoms with Crippen LogP contribution in [-0.4, -0.2) is 23.1 Å². The van der Waals surface area contributed by atoms with Crippen molar-refractivity contribution in [3.8, 4) is 0 Å². The number of hydrogen-bond donors (Lipinski definition) is 2. The van der Waals surface area contributed by atoms with E-state index in [4.69, 9.17) is 4.52 Å². The molecule has 1 aromatic carbocycles. The van der Waals surface area contributed by atoms with E-state index in [2.05, 4.69) is 10.5 Å². The molecule has 1 heterocycles. The van der Waals surface area contributed by atoms with Gasteiger partial charge in [-0.05, 0) is 30.2 Å². The van der Waals surface area contributed by atoms with Crippen molar-refractivity contribution in [2.75, 3.05) is 5.32 Å². The number of nitrogens with zero attached hydrogens (tertiary/aromatic N) is 1. The largest absolute Gasteiger partial charge is 0.446 e. The lowest BCUT2D eigenvalue weighted by molar-refractivity contribution is 0.442. The Morgan fingerprint density at radius 2 is 2.11 bits per heavy atom. The van der Waals surface area contributed by atoms with Gasteiger partial charge in [0, 0.05) is 6.04 Å². The first-order chi connectivity index (χ1) is 9.31. The van der Waals surface area contributed by atoms with Crippen LogP contribution in [0.25, 0.3) is 11.0 Å². The van der Waals surface area contributed by atoms with Gasteiger partial charge in [-0.15, -0.1) is 0 Å². The predicted molar refractivity (Wildman–Crippen MR) is 75.9 cm³/mol. The molecule has 0 saturated heterocycles. The third-order valence-electron chi connectivity index (χ3n) is 4.35. The number of fused-ring (bicyclic) bond motifs is 1. The Kier molecular flexibility index (Phi) is 2.55. The number of anilines is 1. The molecule has 0 unspecified atom stereocenters. The van der Waals surface area contributed by atoms with E-state index in [1.54, 1.807) is 0 Å². The third kappa shape index (κ3) is 2.02. The minimum Gasteiger partial charge on any atom is -0.446 e. The maximum Gasteiger partial charge on any atom is 0.326 e. The summed E-state index contributed by atoms with van der Waals surface area (Å²) in [5, 5.41) is 18.8. The summed E-state index contributed by atoms with van der Waals surface area (Å²) in [6, 6.07) is 6.45. The molecule has 5 heteroatoms. The standard InChI is InChI=1S/C14H17BN2O2/c18-15(9-2-1-3-9)10-4-7-13-12(8-10)14(17-19-13)16-11-5-6-11/h4,7-9,11,18H,1-3,5-6H2,(H,16,17). The minimum atomic E-state index is -0.346. The summed E-state index contributed by atoms with van der Waals surface area (Å²) >= 11 is 0. The van der Waals surface area contributed by atoms with Gasteiger partial charge in [-0.1, -0.05) is 36.6 Å². The van der Waals surface area contributed by atoms with Crippen molar-refractivity contribution in [3.05, 3.63) is 18.2 Å². The minimum absolute atomic E-state index is 0.346. The molecule has 4 rings (SSSR count). The van der Waals surface area contributed by atoms with E-state index < -0.39 is 0 Å².